The Bertz CT molecular complexity index is 1680. The molecule has 1 aliphatic carbocycles. The molecule has 236 valence electrons. The zero-order valence-electron chi connectivity index (χ0n) is 24.6. The number of hydrogen-bond donors (Lipinski definition) is 2. The summed E-state index contributed by atoms with van der Waals surface area (Å²) < 4.78 is 54.2. The van der Waals surface area contributed by atoms with Crippen LogP contribution in [0.15, 0.2) is 43.1 Å². The molecule has 45 heavy (non-hydrogen) atoms. The first-order chi connectivity index (χ1) is 21.8. The monoisotopic (exact) mass is 621 g/mol. The lowest BCUT2D eigenvalue weighted by molar-refractivity contribution is -0.141. The Labute approximate surface area is 257 Å². The van der Waals surface area contributed by atoms with Crippen LogP contribution in [0.1, 0.15) is 49.8 Å². The fraction of sp³-hybridized carbons (Fsp3) is 0.516. The summed E-state index contributed by atoms with van der Waals surface area (Å²) in [7, 11) is 0. The van der Waals surface area contributed by atoms with Crippen LogP contribution in [-0.4, -0.2) is 79.1 Å². The van der Waals surface area contributed by atoms with Gasteiger partial charge in [-0.2, -0.15) is 23.5 Å². The molecule has 3 aliphatic rings. The summed E-state index contributed by atoms with van der Waals surface area (Å²) in [4.78, 5) is 18.0. The molecule has 4 aromatic rings. The summed E-state index contributed by atoms with van der Waals surface area (Å²) in [5.74, 6) is 0.00881. The molecule has 1 saturated carbocycles. The van der Waals surface area contributed by atoms with Gasteiger partial charge in [0.2, 0.25) is 5.88 Å². The van der Waals surface area contributed by atoms with E-state index in [1.54, 1.807) is 12.3 Å². The maximum atomic E-state index is 13.6. The minimum atomic E-state index is -4.56. The number of halogens is 3. The molecule has 0 amide bonds. The molecular formula is C31H34F3N9O2. The average molecular weight is 622 g/mol. The van der Waals surface area contributed by atoms with Crippen LogP contribution in [0.5, 0.6) is 5.88 Å². The normalized spacial score (nSPS) is 24.5. The van der Waals surface area contributed by atoms with Crippen molar-refractivity contribution in [2.24, 2.45) is 0 Å². The Morgan fingerprint density at radius 1 is 1.18 bits per heavy atom. The van der Waals surface area contributed by atoms with Gasteiger partial charge in [-0.25, -0.2) is 15.0 Å². The highest BCUT2D eigenvalue weighted by atomic mass is 19.4. The highest BCUT2D eigenvalue weighted by Crippen LogP contribution is 2.45. The van der Waals surface area contributed by atoms with Crippen molar-refractivity contribution in [2.75, 3.05) is 26.3 Å². The van der Waals surface area contributed by atoms with Crippen LogP contribution in [0.2, 0.25) is 0 Å². The van der Waals surface area contributed by atoms with E-state index in [9.17, 15) is 18.4 Å². The topological polar surface area (TPSA) is 130 Å². The standard InChI is InChI=1S/C31H34F3N9O2/c32-31(33,34)26-11-20(15-37-22-4-10-44-18-22)12-27(41-26)45-24-2-8-42(9-3-24)23-13-30(14-23,5-6-35)43-17-21(16-40-43)28-25-1-7-36-29(25)39-19-38-28/h1,7,11-12,16-17,19,22-24,37H,2-5,8-10,13-15,18H2,(H,36,38,39)/t22-,23?,30?/m1/s1. The summed E-state index contributed by atoms with van der Waals surface area (Å²) in [6.07, 6.45) is 6.43. The van der Waals surface area contributed by atoms with Crippen LogP contribution < -0.4 is 10.1 Å². The summed E-state index contributed by atoms with van der Waals surface area (Å²) in [5.41, 5.74) is 1.56. The number of nitriles is 1. The van der Waals surface area contributed by atoms with Crippen LogP contribution in [0.4, 0.5) is 13.2 Å². The predicted molar refractivity (Wildman–Crippen MR) is 157 cm³/mol. The van der Waals surface area contributed by atoms with E-state index in [1.165, 1.54) is 6.33 Å². The third-order valence-corrected chi connectivity index (χ3v) is 9.29. The van der Waals surface area contributed by atoms with E-state index in [4.69, 9.17) is 9.47 Å². The van der Waals surface area contributed by atoms with Crippen molar-refractivity contribution in [3.05, 3.63) is 54.4 Å². The molecule has 14 heteroatoms. The number of rotatable bonds is 9. The number of piperidine rings is 1. The fourth-order valence-corrected chi connectivity index (χ4v) is 6.80. The van der Waals surface area contributed by atoms with E-state index in [-0.39, 0.29) is 30.6 Å². The SMILES string of the molecule is N#CCC1(n2cc(-c3ncnc4[nH]ccc34)cn2)CC(N2CCC(Oc3cc(CN[C@@H]4CCOC4)cc(C(F)(F)F)n3)CC2)C1. The molecule has 11 nitrogen and oxygen atoms in total. The van der Waals surface area contributed by atoms with Crippen LogP contribution in [-0.2, 0) is 23.0 Å². The highest BCUT2D eigenvalue weighted by molar-refractivity contribution is 5.90. The molecule has 2 N–H and O–H groups in total. The highest BCUT2D eigenvalue weighted by Gasteiger charge is 2.49. The zero-order chi connectivity index (χ0) is 31.0. The van der Waals surface area contributed by atoms with Crippen molar-refractivity contribution < 1.29 is 22.6 Å². The van der Waals surface area contributed by atoms with Crippen molar-refractivity contribution in [1.29, 1.82) is 5.26 Å². The van der Waals surface area contributed by atoms with Crippen LogP contribution >= 0.6 is 0 Å². The number of aromatic nitrogens is 6. The lowest BCUT2D eigenvalue weighted by Gasteiger charge is -2.52. The van der Waals surface area contributed by atoms with Gasteiger partial charge in [0.25, 0.3) is 0 Å². The fourth-order valence-electron chi connectivity index (χ4n) is 6.80. The van der Waals surface area contributed by atoms with Crippen molar-refractivity contribution in [1.82, 2.24) is 39.9 Å². The number of ether oxygens (including phenoxy) is 2. The molecule has 4 aromatic heterocycles. The molecular weight excluding hydrogens is 587 g/mol. The number of nitrogens with one attached hydrogen (secondary N) is 2. The Hall–Kier alpha value is -4.06. The molecule has 2 aliphatic heterocycles. The van der Waals surface area contributed by atoms with Gasteiger partial charge >= 0.3 is 6.18 Å². The second kappa shape index (κ2) is 12.0. The van der Waals surface area contributed by atoms with Crippen LogP contribution in [0.3, 0.4) is 0 Å². The minimum absolute atomic E-state index is 0.00881. The number of alkyl halides is 3. The molecule has 3 fully saturated rings. The van der Waals surface area contributed by atoms with Gasteiger partial charge in [0.15, 0.2) is 0 Å². The van der Waals surface area contributed by atoms with Gasteiger partial charge in [0, 0.05) is 67.7 Å². The molecule has 1 atom stereocenters. The molecule has 6 heterocycles. The number of H-pyrrole nitrogens is 1. The number of pyridine rings is 1. The quantitative estimate of drug-likeness (QED) is 0.279. The van der Waals surface area contributed by atoms with Gasteiger partial charge < -0.3 is 19.8 Å². The van der Waals surface area contributed by atoms with Crippen molar-refractivity contribution >= 4 is 11.0 Å². The van der Waals surface area contributed by atoms with Crippen molar-refractivity contribution in [2.45, 2.75) is 75.0 Å². The van der Waals surface area contributed by atoms with Crippen molar-refractivity contribution in [3.8, 4) is 23.2 Å². The van der Waals surface area contributed by atoms with Crippen LogP contribution in [0.25, 0.3) is 22.3 Å². The van der Waals surface area contributed by atoms with E-state index in [2.05, 4.69) is 41.3 Å². The Morgan fingerprint density at radius 3 is 2.78 bits per heavy atom. The third-order valence-electron chi connectivity index (χ3n) is 9.29. The summed E-state index contributed by atoms with van der Waals surface area (Å²) in [6.45, 7) is 3.00. The maximum Gasteiger partial charge on any atom is 0.433 e. The van der Waals surface area contributed by atoms with E-state index >= 15 is 0 Å². The van der Waals surface area contributed by atoms with Gasteiger partial charge in [-0.05, 0) is 49.8 Å². The molecule has 0 bridgehead atoms. The molecule has 7 rings (SSSR count). The average Bonchev–Trinajstić information content (AvgIpc) is 3.80. The van der Waals surface area contributed by atoms with E-state index < -0.39 is 17.4 Å². The number of hydrogen-bond acceptors (Lipinski definition) is 9. The number of aromatic amines is 1. The van der Waals surface area contributed by atoms with Crippen molar-refractivity contribution in [3.63, 3.8) is 0 Å². The minimum Gasteiger partial charge on any atom is -0.474 e. The number of likely N-dealkylation sites (tertiary alicyclic amines) is 1. The molecule has 0 spiro atoms. The van der Waals surface area contributed by atoms with E-state index in [0.717, 1.165) is 60.7 Å². The summed E-state index contributed by atoms with van der Waals surface area (Å²) in [6, 6.07) is 7.39. The first kappa shape index (κ1) is 29.6. The molecule has 0 aromatic carbocycles. The largest absolute Gasteiger partial charge is 0.474 e. The van der Waals surface area contributed by atoms with Gasteiger partial charge in [-0.3, -0.25) is 9.58 Å². The Balaban J connectivity index is 0.972. The second-order valence-corrected chi connectivity index (χ2v) is 12.2. The Kier molecular flexibility index (Phi) is 7.93. The lowest BCUT2D eigenvalue weighted by Crippen LogP contribution is -2.58. The van der Waals surface area contributed by atoms with Crippen LogP contribution in [0, 0.1) is 11.3 Å². The first-order valence-corrected chi connectivity index (χ1v) is 15.3. The van der Waals surface area contributed by atoms with Gasteiger partial charge in [-0.15, -0.1) is 0 Å². The number of nitrogens with zero attached hydrogens (tertiary/aromatic N) is 7. The van der Waals surface area contributed by atoms with Gasteiger partial charge in [0.1, 0.15) is 23.8 Å². The molecule has 2 saturated heterocycles. The maximum absolute atomic E-state index is 13.6. The lowest BCUT2D eigenvalue weighted by atomic mass is 9.69. The third kappa shape index (κ3) is 6.12. The second-order valence-electron chi connectivity index (χ2n) is 12.2. The molecule has 0 unspecified atom stereocenters. The van der Waals surface area contributed by atoms with E-state index in [1.807, 2.05) is 23.1 Å². The van der Waals surface area contributed by atoms with E-state index in [0.29, 0.717) is 38.0 Å². The van der Waals surface area contributed by atoms with Gasteiger partial charge in [0.05, 0.1) is 36.5 Å². The Morgan fingerprint density at radius 2 is 2.02 bits per heavy atom. The smallest absolute Gasteiger partial charge is 0.433 e. The summed E-state index contributed by atoms with van der Waals surface area (Å²) >= 11 is 0. The molecule has 0 radical (unpaired) electrons. The number of fused-ring (bicyclic) bond motifs is 1. The summed E-state index contributed by atoms with van der Waals surface area (Å²) in [5, 5.41) is 18.5. The van der Waals surface area contributed by atoms with Gasteiger partial charge in [-0.1, -0.05) is 0 Å². The zero-order valence-corrected chi connectivity index (χ0v) is 24.6. The first-order valence-electron chi connectivity index (χ1n) is 15.3. The predicted octanol–water partition coefficient (Wildman–Crippen LogP) is 4.43.